The lowest BCUT2D eigenvalue weighted by Gasteiger charge is -2.15. The Morgan fingerprint density at radius 3 is 2.73 bits per heavy atom. The summed E-state index contributed by atoms with van der Waals surface area (Å²) < 4.78 is 22.0. The molecule has 0 radical (unpaired) electrons. The number of halogens is 1. The van der Waals surface area contributed by atoms with Gasteiger partial charge in [0.25, 0.3) is 0 Å². The van der Waals surface area contributed by atoms with Crippen LogP contribution in [0.25, 0.3) is 0 Å². The topological polar surface area (TPSA) is 102 Å². The number of carbonyl (C=O) groups excluding carboxylic acids is 1. The van der Waals surface area contributed by atoms with Gasteiger partial charge in [0.15, 0.2) is 17.5 Å². The lowest BCUT2D eigenvalue weighted by molar-refractivity contribution is -0.121. The molecule has 1 aliphatic heterocycles. The van der Waals surface area contributed by atoms with Crippen LogP contribution in [0.1, 0.15) is 38.5 Å². The molecule has 1 aromatic rings. The van der Waals surface area contributed by atoms with Crippen LogP contribution in [0.4, 0.5) is 5.69 Å². The number of aliphatic imine (C=N–C) groups is 1. The highest BCUT2D eigenvalue weighted by Gasteiger charge is 2.22. The summed E-state index contributed by atoms with van der Waals surface area (Å²) in [6, 6.07) is 6.18. The number of hydrogen-bond acceptors (Lipinski definition) is 6. The van der Waals surface area contributed by atoms with Crippen LogP contribution in [-0.2, 0) is 14.3 Å². The van der Waals surface area contributed by atoms with Crippen molar-refractivity contribution in [3.63, 3.8) is 0 Å². The standard InChI is InChI=1S/C23H36N4O5.HI/c1-29-15-16-30-12-3-11-25-23(24-10-2-5-22(28)26-18-6-7-18)27-19-8-9-20-21(17-19)32-14-4-13-31-20;/h8-9,17-18H,2-7,10-16H2,1H3,(H,26,28)(H2,24,25,27);1H. The molecule has 0 atom stereocenters. The maximum absolute atomic E-state index is 11.9. The molecular weight excluding hydrogens is 539 g/mol. The van der Waals surface area contributed by atoms with E-state index in [1.54, 1.807) is 7.11 Å². The Bertz CT molecular complexity index is 746. The molecule has 1 amide bonds. The molecule has 3 rings (SSSR count). The number of anilines is 1. The zero-order valence-electron chi connectivity index (χ0n) is 19.4. The van der Waals surface area contributed by atoms with Gasteiger partial charge in [-0.05, 0) is 37.8 Å². The lowest BCUT2D eigenvalue weighted by Crippen LogP contribution is -2.32. The molecule has 186 valence electrons. The average Bonchev–Trinajstić information content (AvgIpc) is 3.62. The van der Waals surface area contributed by atoms with Gasteiger partial charge in [-0.2, -0.15) is 0 Å². The molecule has 1 fully saturated rings. The van der Waals surface area contributed by atoms with E-state index in [0.717, 1.165) is 42.9 Å². The first-order valence-electron chi connectivity index (χ1n) is 11.6. The smallest absolute Gasteiger partial charge is 0.220 e. The molecule has 0 saturated heterocycles. The SMILES string of the molecule is COCCOCCCNC(=NCCCC(=O)NC1CC1)Nc1ccc2c(c1)OCCCO2.I. The van der Waals surface area contributed by atoms with Gasteiger partial charge in [0, 0.05) is 57.4 Å². The van der Waals surface area contributed by atoms with E-state index in [2.05, 4.69) is 20.9 Å². The van der Waals surface area contributed by atoms with Gasteiger partial charge in [0.05, 0.1) is 26.4 Å². The molecule has 2 aliphatic rings. The number of rotatable bonds is 13. The zero-order chi connectivity index (χ0) is 22.4. The van der Waals surface area contributed by atoms with Gasteiger partial charge in [0.1, 0.15) is 0 Å². The van der Waals surface area contributed by atoms with Crippen molar-refractivity contribution in [1.82, 2.24) is 10.6 Å². The minimum absolute atomic E-state index is 0. The van der Waals surface area contributed by atoms with Crippen molar-refractivity contribution >= 4 is 41.5 Å². The molecule has 1 aromatic carbocycles. The van der Waals surface area contributed by atoms with Crippen molar-refractivity contribution in [3.8, 4) is 11.5 Å². The molecule has 0 spiro atoms. The summed E-state index contributed by atoms with van der Waals surface area (Å²) >= 11 is 0. The summed E-state index contributed by atoms with van der Waals surface area (Å²) in [5.74, 6) is 2.27. The molecule has 0 bridgehead atoms. The predicted octanol–water partition coefficient (Wildman–Crippen LogP) is 2.94. The number of ether oxygens (including phenoxy) is 4. The fourth-order valence-corrected chi connectivity index (χ4v) is 3.10. The summed E-state index contributed by atoms with van der Waals surface area (Å²) in [5, 5.41) is 9.68. The van der Waals surface area contributed by atoms with Gasteiger partial charge in [0.2, 0.25) is 5.91 Å². The van der Waals surface area contributed by atoms with E-state index in [1.807, 2.05) is 18.2 Å². The summed E-state index contributed by atoms with van der Waals surface area (Å²) in [6.07, 6.45) is 5.11. The first-order chi connectivity index (χ1) is 15.7. The van der Waals surface area contributed by atoms with Crippen molar-refractivity contribution in [2.24, 2.45) is 4.99 Å². The zero-order valence-corrected chi connectivity index (χ0v) is 21.7. The Morgan fingerprint density at radius 1 is 1.12 bits per heavy atom. The molecule has 0 unspecified atom stereocenters. The van der Waals surface area contributed by atoms with E-state index in [-0.39, 0.29) is 29.9 Å². The highest BCUT2D eigenvalue weighted by molar-refractivity contribution is 14.0. The van der Waals surface area contributed by atoms with Crippen LogP contribution < -0.4 is 25.4 Å². The van der Waals surface area contributed by atoms with Gasteiger partial charge in [-0.1, -0.05) is 0 Å². The van der Waals surface area contributed by atoms with E-state index in [9.17, 15) is 4.79 Å². The van der Waals surface area contributed by atoms with Crippen molar-refractivity contribution in [3.05, 3.63) is 18.2 Å². The molecule has 33 heavy (non-hydrogen) atoms. The summed E-state index contributed by atoms with van der Waals surface area (Å²) in [7, 11) is 1.66. The van der Waals surface area contributed by atoms with Crippen LogP contribution in [0.5, 0.6) is 11.5 Å². The number of guanidine groups is 1. The third-order valence-electron chi connectivity index (χ3n) is 4.97. The molecule has 9 nitrogen and oxygen atoms in total. The minimum atomic E-state index is 0. The summed E-state index contributed by atoms with van der Waals surface area (Å²) in [5.41, 5.74) is 0.864. The second-order valence-electron chi connectivity index (χ2n) is 7.90. The molecular formula is C23H37IN4O5. The van der Waals surface area contributed by atoms with Crippen LogP contribution >= 0.6 is 24.0 Å². The van der Waals surface area contributed by atoms with Crippen molar-refractivity contribution in [2.45, 2.75) is 44.6 Å². The molecule has 0 aromatic heterocycles. The van der Waals surface area contributed by atoms with E-state index in [0.29, 0.717) is 71.0 Å². The van der Waals surface area contributed by atoms with Crippen LogP contribution in [0, 0.1) is 0 Å². The highest BCUT2D eigenvalue weighted by Crippen LogP contribution is 2.32. The molecule has 1 saturated carbocycles. The maximum atomic E-state index is 11.9. The third-order valence-corrected chi connectivity index (χ3v) is 4.97. The monoisotopic (exact) mass is 576 g/mol. The molecule has 1 aliphatic carbocycles. The van der Waals surface area contributed by atoms with Crippen molar-refractivity contribution in [1.29, 1.82) is 0 Å². The Kier molecular flexibility index (Phi) is 13.3. The van der Waals surface area contributed by atoms with Crippen LogP contribution in [0.2, 0.25) is 0 Å². The first-order valence-corrected chi connectivity index (χ1v) is 11.6. The number of fused-ring (bicyclic) bond motifs is 1. The van der Waals surface area contributed by atoms with Crippen LogP contribution in [-0.4, -0.2) is 71.1 Å². The van der Waals surface area contributed by atoms with E-state index < -0.39 is 0 Å². The highest BCUT2D eigenvalue weighted by atomic mass is 127. The van der Waals surface area contributed by atoms with Gasteiger partial charge < -0.3 is 34.9 Å². The number of methoxy groups -OCH3 is 1. The maximum Gasteiger partial charge on any atom is 0.220 e. The van der Waals surface area contributed by atoms with Gasteiger partial charge in [-0.15, -0.1) is 24.0 Å². The second kappa shape index (κ2) is 15.9. The minimum Gasteiger partial charge on any atom is -0.490 e. The number of amides is 1. The first kappa shape index (κ1) is 27.5. The lowest BCUT2D eigenvalue weighted by atomic mass is 10.2. The summed E-state index contributed by atoms with van der Waals surface area (Å²) in [6.45, 7) is 4.41. The third kappa shape index (κ3) is 11.3. The number of carbonyl (C=O) groups is 1. The van der Waals surface area contributed by atoms with Crippen LogP contribution in [0.15, 0.2) is 23.2 Å². The quantitative estimate of drug-likeness (QED) is 0.144. The number of nitrogens with one attached hydrogen (secondary N) is 3. The Hall–Kier alpha value is -1.79. The average molecular weight is 576 g/mol. The van der Waals surface area contributed by atoms with E-state index in [4.69, 9.17) is 18.9 Å². The predicted molar refractivity (Wildman–Crippen MR) is 139 cm³/mol. The van der Waals surface area contributed by atoms with Gasteiger partial charge in [-0.3, -0.25) is 9.79 Å². The second-order valence-corrected chi connectivity index (χ2v) is 7.90. The Balaban J connectivity index is 0.00000385. The van der Waals surface area contributed by atoms with Crippen LogP contribution in [0.3, 0.4) is 0 Å². The fourth-order valence-electron chi connectivity index (χ4n) is 3.10. The molecule has 10 heteroatoms. The largest absolute Gasteiger partial charge is 0.490 e. The molecule has 1 heterocycles. The Morgan fingerprint density at radius 2 is 1.94 bits per heavy atom. The van der Waals surface area contributed by atoms with Gasteiger partial charge >= 0.3 is 0 Å². The number of nitrogens with zero attached hydrogens (tertiary/aromatic N) is 1. The van der Waals surface area contributed by atoms with E-state index >= 15 is 0 Å². The van der Waals surface area contributed by atoms with Crippen molar-refractivity contribution < 1.29 is 23.7 Å². The van der Waals surface area contributed by atoms with Gasteiger partial charge in [-0.25, -0.2) is 0 Å². The van der Waals surface area contributed by atoms with E-state index in [1.165, 1.54) is 0 Å². The number of benzene rings is 1. The fraction of sp³-hybridized carbons (Fsp3) is 0.652. The number of hydrogen-bond donors (Lipinski definition) is 3. The molecule has 3 N–H and O–H groups in total. The van der Waals surface area contributed by atoms with Crippen molar-refractivity contribution in [2.75, 3.05) is 58.6 Å². The summed E-state index contributed by atoms with van der Waals surface area (Å²) in [4.78, 5) is 16.5. The Labute approximate surface area is 213 Å². The normalized spacial score (nSPS) is 15.2.